The fraction of sp³-hybridized carbons (Fsp3) is 0.167. The molecular formula is C18H18ClN3O3S. The quantitative estimate of drug-likeness (QED) is 0.652. The van der Waals surface area contributed by atoms with Gasteiger partial charge in [0, 0.05) is 22.1 Å². The molecule has 0 unspecified atom stereocenters. The second-order valence-electron chi connectivity index (χ2n) is 5.92. The van der Waals surface area contributed by atoms with Gasteiger partial charge in [0.05, 0.1) is 0 Å². The van der Waals surface area contributed by atoms with Crippen molar-refractivity contribution in [1.82, 2.24) is 5.16 Å². The molecule has 0 atom stereocenters. The largest absolute Gasteiger partial charge is 0.360 e. The smallest absolute Gasteiger partial charge is 0.267 e. The average Bonchev–Trinajstić information content (AvgIpc) is 2.92. The predicted octanol–water partition coefficient (Wildman–Crippen LogP) is 4.80. The molecule has 26 heavy (non-hydrogen) atoms. The van der Waals surface area contributed by atoms with Crippen molar-refractivity contribution in [1.29, 1.82) is 0 Å². The highest BCUT2D eigenvalue weighted by Gasteiger charge is 2.24. The fourth-order valence-electron chi connectivity index (χ4n) is 2.57. The number of nitrogens with zero attached hydrogens (tertiary/aromatic N) is 1. The molecule has 0 bridgehead atoms. The molecule has 1 heterocycles. The highest BCUT2D eigenvalue weighted by Crippen LogP contribution is 2.26. The summed E-state index contributed by atoms with van der Waals surface area (Å²) >= 11 is 6.03. The predicted molar refractivity (Wildman–Crippen MR) is 103 cm³/mol. The van der Waals surface area contributed by atoms with E-state index in [1.54, 1.807) is 38.1 Å². The SMILES string of the molecule is Cc1ccc(Cl)cc1Nc1ccc(NS(=O)(=O)c2c(C)noc2C)cc1. The Bertz CT molecular complexity index is 1020. The zero-order valence-electron chi connectivity index (χ0n) is 14.5. The molecule has 0 fully saturated rings. The van der Waals surface area contributed by atoms with E-state index in [0.29, 0.717) is 16.4 Å². The summed E-state index contributed by atoms with van der Waals surface area (Å²) in [6.07, 6.45) is 0. The van der Waals surface area contributed by atoms with Crippen molar-refractivity contribution in [2.45, 2.75) is 25.7 Å². The summed E-state index contributed by atoms with van der Waals surface area (Å²) in [6.45, 7) is 5.13. The third-order valence-electron chi connectivity index (χ3n) is 3.85. The Morgan fingerprint density at radius 1 is 1.00 bits per heavy atom. The van der Waals surface area contributed by atoms with Crippen LogP contribution in [0.1, 0.15) is 17.0 Å². The van der Waals surface area contributed by atoms with E-state index < -0.39 is 10.0 Å². The van der Waals surface area contributed by atoms with Crippen LogP contribution >= 0.6 is 11.6 Å². The van der Waals surface area contributed by atoms with E-state index >= 15 is 0 Å². The zero-order valence-corrected chi connectivity index (χ0v) is 16.1. The lowest BCUT2D eigenvalue weighted by atomic mass is 10.2. The Balaban J connectivity index is 1.79. The number of sulfonamides is 1. The third kappa shape index (κ3) is 3.84. The first-order chi connectivity index (χ1) is 12.3. The van der Waals surface area contributed by atoms with Crippen molar-refractivity contribution in [3.8, 4) is 0 Å². The number of anilines is 3. The fourth-order valence-corrected chi connectivity index (χ4v) is 4.13. The molecule has 0 aliphatic heterocycles. The number of aromatic nitrogens is 1. The van der Waals surface area contributed by atoms with Crippen LogP contribution in [-0.2, 0) is 10.0 Å². The molecule has 3 rings (SSSR count). The van der Waals surface area contributed by atoms with Crippen LogP contribution in [0.15, 0.2) is 51.9 Å². The van der Waals surface area contributed by atoms with Gasteiger partial charge in [0.2, 0.25) is 0 Å². The second kappa shape index (κ2) is 7.01. The van der Waals surface area contributed by atoms with Crippen molar-refractivity contribution in [2.24, 2.45) is 0 Å². The molecule has 2 N–H and O–H groups in total. The summed E-state index contributed by atoms with van der Waals surface area (Å²) in [5.41, 5.74) is 3.53. The first-order valence-electron chi connectivity index (χ1n) is 7.85. The molecule has 0 saturated heterocycles. The minimum atomic E-state index is -3.76. The van der Waals surface area contributed by atoms with Gasteiger partial charge in [0.15, 0.2) is 10.7 Å². The lowest BCUT2D eigenvalue weighted by Crippen LogP contribution is -2.14. The molecule has 3 aromatic rings. The Labute approximate surface area is 157 Å². The number of hydrogen-bond acceptors (Lipinski definition) is 5. The minimum absolute atomic E-state index is 0.0641. The van der Waals surface area contributed by atoms with Gasteiger partial charge in [-0.3, -0.25) is 4.72 Å². The van der Waals surface area contributed by atoms with Crippen LogP contribution in [0, 0.1) is 20.8 Å². The first kappa shape index (κ1) is 18.3. The van der Waals surface area contributed by atoms with Crippen molar-refractivity contribution < 1.29 is 12.9 Å². The molecule has 0 aliphatic rings. The zero-order chi connectivity index (χ0) is 18.9. The number of hydrogen-bond donors (Lipinski definition) is 2. The first-order valence-corrected chi connectivity index (χ1v) is 9.71. The summed E-state index contributed by atoms with van der Waals surface area (Å²) in [4.78, 5) is 0.0641. The van der Waals surface area contributed by atoms with Gasteiger partial charge in [-0.1, -0.05) is 22.8 Å². The number of rotatable bonds is 5. The van der Waals surface area contributed by atoms with E-state index in [0.717, 1.165) is 16.9 Å². The van der Waals surface area contributed by atoms with Crippen molar-refractivity contribution in [3.05, 3.63) is 64.5 Å². The Morgan fingerprint density at radius 3 is 2.27 bits per heavy atom. The van der Waals surface area contributed by atoms with Crippen molar-refractivity contribution in [3.63, 3.8) is 0 Å². The van der Waals surface area contributed by atoms with Crippen LogP contribution in [0.3, 0.4) is 0 Å². The second-order valence-corrected chi connectivity index (χ2v) is 7.98. The molecule has 1 aromatic heterocycles. The minimum Gasteiger partial charge on any atom is -0.360 e. The van der Waals surface area contributed by atoms with Crippen LogP contribution in [0.25, 0.3) is 0 Å². The molecule has 8 heteroatoms. The highest BCUT2D eigenvalue weighted by atomic mass is 35.5. The van der Waals surface area contributed by atoms with Gasteiger partial charge < -0.3 is 9.84 Å². The van der Waals surface area contributed by atoms with E-state index in [9.17, 15) is 8.42 Å². The number of benzene rings is 2. The monoisotopic (exact) mass is 391 g/mol. The molecule has 0 radical (unpaired) electrons. The van der Waals surface area contributed by atoms with Crippen LogP contribution in [0.5, 0.6) is 0 Å². The van der Waals surface area contributed by atoms with Crippen LogP contribution < -0.4 is 10.0 Å². The van der Waals surface area contributed by atoms with Gasteiger partial charge in [0.1, 0.15) is 5.69 Å². The average molecular weight is 392 g/mol. The summed E-state index contributed by atoms with van der Waals surface area (Å²) in [6, 6.07) is 12.5. The molecule has 0 spiro atoms. The topological polar surface area (TPSA) is 84.2 Å². The van der Waals surface area contributed by atoms with Crippen molar-refractivity contribution in [2.75, 3.05) is 10.0 Å². The molecule has 0 saturated carbocycles. The van der Waals surface area contributed by atoms with Crippen LogP contribution in [0.2, 0.25) is 5.02 Å². The molecule has 6 nitrogen and oxygen atoms in total. The van der Waals surface area contributed by atoms with E-state index in [4.69, 9.17) is 16.1 Å². The van der Waals surface area contributed by atoms with Gasteiger partial charge in [-0.2, -0.15) is 0 Å². The van der Waals surface area contributed by atoms with E-state index in [-0.39, 0.29) is 10.7 Å². The van der Waals surface area contributed by atoms with E-state index in [1.165, 1.54) is 0 Å². The Morgan fingerprint density at radius 2 is 1.65 bits per heavy atom. The standard InChI is InChI=1S/C18H18ClN3O3S/c1-11-4-5-14(19)10-17(11)20-15-6-8-16(9-7-15)22-26(23,24)18-12(2)21-25-13(18)3/h4-10,20,22H,1-3H3. The summed E-state index contributed by atoms with van der Waals surface area (Å²) < 4.78 is 32.5. The molecular weight excluding hydrogens is 374 g/mol. The van der Waals surface area contributed by atoms with Gasteiger partial charge >= 0.3 is 0 Å². The summed E-state index contributed by atoms with van der Waals surface area (Å²) in [5.74, 6) is 0.254. The lowest BCUT2D eigenvalue weighted by Gasteiger charge is -2.12. The third-order valence-corrected chi connectivity index (χ3v) is 5.71. The maximum Gasteiger partial charge on any atom is 0.267 e. The molecule has 0 amide bonds. The summed E-state index contributed by atoms with van der Waals surface area (Å²) in [7, 11) is -3.76. The van der Waals surface area contributed by atoms with Gasteiger partial charge in [-0.05, 0) is 62.7 Å². The normalized spacial score (nSPS) is 11.4. The molecule has 2 aromatic carbocycles. The Kier molecular flexibility index (Phi) is 4.93. The maximum absolute atomic E-state index is 12.5. The van der Waals surface area contributed by atoms with E-state index in [1.807, 2.05) is 25.1 Å². The molecule has 0 aliphatic carbocycles. The summed E-state index contributed by atoms with van der Waals surface area (Å²) in [5, 5.41) is 7.59. The van der Waals surface area contributed by atoms with Crippen LogP contribution in [-0.4, -0.2) is 13.6 Å². The Hall–Kier alpha value is -2.51. The number of halogens is 1. The highest BCUT2D eigenvalue weighted by molar-refractivity contribution is 7.92. The maximum atomic E-state index is 12.5. The lowest BCUT2D eigenvalue weighted by molar-refractivity contribution is 0.390. The molecule has 136 valence electrons. The van der Waals surface area contributed by atoms with Gasteiger partial charge in [-0.25, -0.2) is 8.42 Å². The van der Waals surface area contributed by atoms with Crippen LogP contribution in [0.4, 0.5) is 17.1 Å². The van der Waals surface area contributed by atoms with Gasteiger partial charge in [0.25, 0.3) is 10.0 Å². The van der Waals surface area contributed by atoms with E-state index in [2.05, 4.69) is 15.2 Å². The van der Waals surface area contributed by atoms with Gasteiger partial charge in [-0.15, -0.1) is 0 Å². The van der Waals surface area contributed by atoms with Crippen molar-refractivity contribution >= 4 is 38.7 Å². The number of aryl methyl sites for hydroxylation is 3. The number of nitrogens with one attached hydrogen (secondary N) is 2.